The van der Waals surface area contributed by atoms with E-state index >= 15 is 0 Å². The van der Waals surface area contributed by atoms with Gasteiger partial charge in [-0.05, 0) is 12.1 Å². The maximum Gasteiger partial charge on any atom is 0.272 e. The van der Waals surface area contributed by atoms with Crippen molar-refractivity contribution in [3.05, 3.63) is 21.3 Å². The minimum atomic E-state index is -3.65. The fourth-order valence-electron chi connectivity index (χ4n) is 1.20. The Kier molecular flexibility index (Phi) is 3.87. The molecule has 2 N–H and O–H groups in total. The molecule has 0 fully saturated rings. The number of hydrogen-bond acceptors (Lipinski definition) is 7. The number of nitrogens with zero attached hydrogens (tertiary/aromatic N) is 3. The minimum Gasteiger partial charge on any atom is -0.374 e. The van der Waals surface area contributed by atoms with E-state index in [1.165, 1.54) is 22.7 Å². The van der Waals surface area contributed by atoms with E-state index < -0.39 is 10.0 Å². The molecule has 0 saturated heterocycles. The van der Waals surface area contributed by atoms with Crippen molar-refractivity contribution in [1.82, 2.24) is 14.5 Å². The van der Waals surface area contributed by atoms with Gasteiger partial charge < -0.3 is 5.73 Å². The molecule has 0 aliphatic heterocycles. The largest absolute Gasteiger partial charge is 0.374 e. The van der Waals surface area contributed by atoms with E-state index in [4.69, 9.17) is 17.3 Å². The Labute approximate surface area is 117 Å². The number of nitrogens with two attached hydrogens (primary N) is 1. The van der Waals surface area contributed by atoms with Crippen LogP contribution in [0.5, 0.6) is 0 Å². The lowest BCUT2D eigenvalue weighted by Crippen LogP contribution is -2.26. The van der Waals surface area contributed by atoms with E-state index in [-0.39, 0.29) is 16.0 Å². The second-order valence-corrected chi connectivity index (χ2v) is 8.40. The molecule has 0 amide bonds. The van der Waals surface area contributed by atoms with Gasteiger partial charge in [-0.3, -0.25) is 0 Å². The van der Waals surface area contributed by atoms with Gasteiger partial charge >= 0.3 is 0 Å². The number of anilines is 1. The van der Waals surface area contributed by atoms with Gasteiger partial charge in [-0.25, -0.2) is 8.42 Å². The normalized spacial score (nSPS) is 12.2. The predicted octanol–water partition coefficient (Wildman–Crippen LogP) is 1.66. The molecule has 0 radical (unpaired) electrons. The third-order valence-electron chi connectivity index (χ3n) is 2.06. The number of thiophene rings is 1. The molecule has 2 aromatic heterocycles. The molecular weight excluding hydrogens is 316 g/mol. The van der Waals surface area contributed by atoms with Gasteiger partial charge in [0.25, 0.3) is 10.0 Å². The fourth-order valence-corrected chi connectivity index (χ4v) is 4.54. The van der Waals surface area contributed by atoms with Crippen molar-refractivity contribution >= 4 is 49.4 Å². The highest BCUT2D eigenvalue weighted by Gasteiger charge is 2.25. The maximum atomic E-state index is 12.1. The molecule has 98 valence electrons. The van der Waals surface area contributed by atoms with Crippen LogP contribution in [0.1, 0.15) is 4.88 Å². The van der Waals surface area contributed by atoms with Crippen LogP contribution >= 0.6 is 34.3 Å². The van der Waals surface area contributed by atoms with Crippen LogP contribution in [0.3, 0.4) is 0 Å². The zero-order valence-corrected chi connectivity index (χ0v) is 12.4. The fraction of sp³-hybridized carbons (Fsp3) is 0.250. The number of rotatable bonds is 4. The summed E-state index contributed by atoms with van der Waals surface area (Å²) in [6.45, 7) is 0.235. The van der Waals surface area contributed by atoms with Gasteiger partial charge in [-0.1, -0.05) is 22.9 Å². The number of halogens is 1. The van der Waals surface area contributed by atoms with Gasteiger partial charge in [0.15, 0.2) is 0 Å². The summed E-state index contributed by atoms with van der Waals surface area (Å²) < 4.78 is 25.9. The Morgan fingerprint density at radius 1 is 1.39 bits per heavy atom. The van der Waals surface area contributed by atoms with Crippen LogP contribution in [-0.2, 0) is 16.6 Å². The predicted molar refractivity (Wildman–Crippen MR) is 72.3 cm³/mol. The lowest BCUT2D eigenvalue weighted by atomic mass is 10.5. The molecular formula is C8H9ClN4O2S3. The second-order valence-electron chi connectivity index (χ2n) is 3.37. The van der Waals surface area contributed by atoms with Crippen LogP contribution in [0, 0.1) is 0 Å². The molecule has 0 spiro atoms. The monoisotopic (exact) mass is 324 g/mol. The molecule has 18 heavy (non-hydrogen) atoms. The van der Waals surface area contributed by atoms with Crippen molar-refractivity contribution in [2.75, 3.05) is 12.8 Å². The molecule has 0 aliphatic rings. The first-order valence-electron chi connectivity index (χ1n) is 4.69. The van der Waals surface area contributed by atoms with E-state index in [1.54, 1.807) is 12.1 Å². The highest BCUT2D eigenvalue weighted by atomic mass is 35.5. The summed E-state index contributed by atoms with van der Waals surface area (Å²) in [6, 6.07) is 3.51. The van der Waals surface area contributed by atoms with Crippen LogP contribution in [0.4, 0.5) is 5.13 Å². The highest BCUT2D eigenvalue weighted by Crippen LogP contribution is 2.25. The molecule has 0 aromatic carbocycles. The molecule has 6 nitrogen and oxygen atoms in total. The van der Waals surface area contributed by atoms with Crippen molar-refractivity contribution in [3.63, 3.8) is 0 Å². The Hall–Kier alpha value is -0.740. The summed E-state index contributed by atoms with van der Waals surface area (Å²) in [7, 11) is -2.17. The minimum absolute atomic E-state index is 0.106. The van der Waals surface area contributed by atoms with E-state index in [0.29, 0.717) is 4.34 Å². The topological polar surface area (TPSA) is 89.2 Å². The lowest BCUT2D eigenvalue weighted by molar-refractivity contribution is 0.468. The first-order valence-corrected chi connectivity index (χ1v) is 8.14. The van der Waals surface area contributed by atoms with Gasteiger partial charge in [0.05, 0.1) is 4.34 Å². The second kappa shape index (κ2) is 5.10. The lowest BCUT2D eigenvalue weighted by Gasteiger charge is -2.13. The zero-order chi connectivity index (χ0) is 13.3. The third kappa shape index (κ3) is 2.81. The van der Waals surface area contributed by atoms with E-state index in [2.05, 4.69) is 10.2 Å². The number of aromatic nitrogens is 2. The molecule has 0 bridgehead atoms. The molecule has 0 aliphatic carbocycles. The Morgan fingerprint density at radius 3 is 2.61 bits per heavy atom. The van der Waals surface area contributed by atoms with Gasteiger partial charge in [0.2, 0.25) is 9.47 Å². The van der Waals surface area contributed by atoms with Gasteiger partial charge in [0, 0.05) is 18.5 Å². The molecule has 0 unspecified atom stereocenters. The molecule has 0 saturated carbocycles. The van der Waals surface area contributed by atoms with Gasteiger partial charge in [-0.2, -0.15) is 4.31 Å². The van der Waals surface area contributed by atoms with Crippen molar-refractivity contribution in [1.29, 1.82) is 0 Å². The van der Waals surface area contributed by atoms with Gasteiger partial charge in [-0.15, -0.1) is 21.5 Å². The van der Waals surface area contributed by atoms with Gasteiger partial charge in [0.1, 0.15) is 0 Å². The smallest absolute Gasteiger partial charge is 0.272 e. The molecule has 2 rings (SSSR count). The van der Waals surface area contributed by atoms with Crippen molar-refractivity contribution in [2.24, 2.45) is 0 Å². The summed E-state index contributed by atoms with van der Waals surface area (Å²) in [5.74, 6) is 0. The average molecular weight is 325 g/mol. The van der Waals surface area contributed by atoms with Crippen LogP contribution in [0.15, 0.2) is 16.5 Å². The first-order chi connectivity index (χ1) is 8.39. The van der Waals surface area contributed by atoms with Crippen LogP contribution in [-0.4, -0.2) is 30.0 Å². The molecule has 0 atom stereocenters. The SMILES string of the molecule is CN(Cc1ccc(Cl)s1)S(=O)(=O)c1nnc(N)s1. The maximum absolute atomic E-state index is 12.1. The standard InChI is InChI=1S/C8H9ClN4O2S3/c1-13(4-5-2-3-6(9)16-5)18(14,15)8-12-11-7(10)17-8/h2-3H,4H2,1H3,(H2,10,11). The van der Waals surface area contributed by atoms with E-state index in [1.807, 2.05) is 0 Å². The molecule has 2 aromatic rings. The van der Waals surface area contributed by atoms with E-state index in [9.17, 15) is 8.42 Å². The zero-order valence-electron chi connectivity index (χ0n) is 9.20. The van der Waals surface area contributed by atoms with Crippen molar-refractivity contribution in [2.45, 2.75) is 10.9 Å². The summed E-state index contributed by atoms with van der Waals surface area (Å²) in [5, 5.41) is 7.17. The number of sulfonamides is 1. The number of nitrogen functional groups attached to an aromatic ring is 1. The first kappa shape index (κ1) is 13.7. The number of hydrogen-bond donors (Lipinski definition) is 1. The third-order valence-corrected chi connectivity index (χ3v) is 6.18. The Balaban J connectivity index is 2.20. The van der Waals surface area contributed by atoms with Crippen LogP contribution in [0.2, 0.25) is 4.34 Å². The summed E-state index contributed by atoms with van der Waals surface area (Å²) in [6.07, 6.45) is 0. The van der Waals surface area contributed by atoms with Crippen molar-refractivity contribution < 1.29 is 8.42 Å². The quantitative estimate of drug-likeness (QED) is 0.923. The van der Waals surface area contributed by atoms with Crippen LogP contribution in [0.25, 0.3) is 0 Å². The summed E-state index contributed by atoms with van der Waals surface area (Å²) in [4.78, 5) is 0.851. The summed E-state index contributed by atoms with van der Waals surface area (Å²) in [5.41, 5.74) is 5.38. The molecule has 10 heteroatoms. The molecule has 2 heterocycles. The van der Waals surface area contributed by atoms with Crippen LogP contribution < -0.4 is 5.73 Å². The average Bonchev–Trinajstić information content (AvgIpc) is 2.88. The highest BCUT2D eigenvalue weighted by molar-refractivity contribution is 7.91. The summed E-state index contributed by atoms with van der Waals surface area (Å²) >= 11 is 7.97. The van der Waals surface area contributed by atoms with E-state index in [0.717, 1.165) is 16.2 Å². The van der Waals surface area contributed by atoms with Crippen molar-refractivity contribution in [3.8, 4) is 0 Å². The Morgan fingerprint density at radius 2 is 2.11 bits per heavy atom. The Bertz CT molecular complexity index is 651.